The topological polar surface area (TPSA) is 49.7 Å². The van der Waals surface area contributed by atoms with Crippen molar-refractivity contribution in [1.29, 1.82) is 0 Å². The summed E-state index contributed by atoms with van der Waals surface area (Å²) in [5.74, 6) is 2.10. The van der Waals surface area contributed by atoms with E-state index >= 15 is 0 Å². The first-order chi connectivity index (χ1) is 15.1. The largest absolute Gasteiger partial charge is 0.496 e. The number of hydrogen-bond donors (Lipinski definition) is 0. The Kier molecular flexibility index (Phi) is 4.71. The lowest BCUT2D eigenvalue weighted by Gasteiger charge is -2.10. The van der Waals surface area contributed by atoms with Gasteiger partial charge in [-0.1, -0.05) is 36.4 Å². The maximum Gasteiger partial charge on any atom is 0.231 e. The SMILES string of the molecule is COc1ccccc1COc1ccc2c(c1)OC(=Cc1cn(C)c3ccccc13)C2=O. The molecule has 0 unspecified atom stereocenters. The van der Waals surface area contributed by atoms with Crippen LogP contribution in [-0.2, 0) is 13.7 Å². The van der Waals surface area contributed by atoms with E-state index in [1.165, 1.54) is 0 Å². The summed E-state index contributed by atoms with van der Waals surface area (Å²) in [6.07, 6.45) is 3.80. The van der Waals surface area contributed by atoms with Gasteiger partial charge in [0.05, 0.1) is 12.7 Å². The zero-order valence-corrected chi connectivity index (χ0v) is 17.3. The van der Waals surface area contributed by atoms with Gasteiger partial charge < -0.3 is 18.8 Å². The van der Waals surface area contributed by atoms with Crippen LogP contribution >= 0.6 is 0 Å². The van der Waals surface area contributed by atoms with Crippen LogP contribution in [0.2, 0.25) is 0 Å². The first-order valence-electron chi connectivity index (χ1n) is 10.0. The van der Waals surface area contributed by atoms with E-state index in [0.717, 1.165) is 27.8 Å². The fourth-order valence-electron chi connectivity index (χ4n) is 3.87. The maximum atomic E-state index is 12.9. The first-order valence-corrected chi connectivity index (χ1v) is 10.0. The van der Waals surface area contributed by atoms with Crippen molar-refractivity contribution < 1.29 is 19.0 Å². The highest BCUT2D eigenvalue weighted by Gasteiger charge is 2.28. The number of allylic oxidation sites excluding steroid dienone is 1. The van der Waals surface area contributed by atoms with Crippen molar-refractivity contribution in [2.24, 2.45) is 7.05 Å². The van der Waals surface area contributed by atoms with Crippen LogP contribution in [0.4, 0.5) is 0 Å². The van der Waals surface area contributed by atoms with Gasteiger partial charge >= 0.3 is 0 Å². The molecule has 0 saturated carbocycles. The molecule has 2 heterocycles. The predicted molar refractivity (Wildman–Crippen MR) is 120 cm³/mol. The molecule has 0 radical (unpaired) electrons. The molecule has 1 aromatic heterocycles. The van der Waals surface area contributed by atoms with Crippen LogP contribution in [-0.4, -0.2) is 17.5 Å². The summed E-state index contributed by atoms with van der Waals surface area (Å²) in [6.45, 7) is 0.357. The number of benzene rings is 3. The van der Waals surface area contributed by atoms with Gasteiger partial charge in [0, 0.05) is 41.3 Å². The standard InChI is InChI=1S/C26H21NO4/c1-27-15-18(20-8-4-5-9-22(20)27)13-25-26(28)21-12-11-19(14-24(21)31-25)30-16-17-7-3-6-10-23(17)29-2/h3-15H,16H2,1-2H3. The molecule has 0 aliphatic carbocycles. The molecule has 4 aromatic rings. The summed E-state index contributed by atoms with van der Waals surface area (Å²) in [7, 11) is 3.62. The Bertz CT molecular complexity index is 1330. The molecule has 1 aliphatic heterocycles. The van der Waals surface area contributed by atoms with Crippen LogP contribution < -0.4 is 14.2 Å². The molecule has 5 heteroatoms. The number of methoxy groups -OCH3 is 1. The van der Waals surface area contributed by atoms with Gasteiger partial charge in [-0.2, -0.15) is 0 Å². The molecular weight excluding hydrogens is 390 g/mol. The van der Waals surface area contributed by atoms with E-state index in [0.29, 0.717) is 29.4 Å². The zero-order chi connectivity index (χ0) is 21.4. The monoisotopic (exact) mass is 411 g/mol. The number of nitrogens with zero attached hydrogens (tertiary/aromatic N) is 1. The van der Waals surface area contributed by atoms with Gasteiger partial charge in [-0.15, -0.1) is 0 Å². The maximum absolute atomic E-state index is 12.9. The third-order valence-corrected chi connectivity index (χ3v) is 5.44. The van der Waals surface area contributed by atoms with E-state index in [1.54, 1.807) is 31.4 Å². The molecule has 0 N–H and O–H groups in total. The normalized spacial score (nSPS) is 14.0. The van der Waals surface area contributed by atoms with E-state index in [2.05, 4.69) is 6.07 Å². The van der Waals surface area contributed by atoms with E-state index < -0.39 is 0 Å². The molecule has 5 rings (SSSR count). The Hall–Kier alpha value is -3.99. The summed E-state index contributed by atoms with van der Waals surface area (Å²) in [4.78, 5) is 12.9. The fourth-order valence-corrected chi connectivity index (χ4v) is 3.87. The van der Waals surface area contributed by atoms with E-state index in [1.807, 2.05) is 60.3 Å². The highest BCUT2D eigenvalue weighted by molar-refractivity contribution is 6.15. The smallest absolute Gasteiger partial charge is 0.231 e. The number of hydrogen-bond acceptors (Lipinski definition) is 4. The molecule has 0 bridgehead atoms. The van der Waals surface area contributed by atoms with Crippen LogP contribution in [0.15, 0.2) is 78.7 Å². The lowest BCUT2D eigenvalue weighted by molar-refractivity contribution is 0.101. The van der Waals surface area contributed by atoms with Crippen molar-refractivity contribution in [3.05, 3.63) is 95.4 Å². The number of rotatable bonds is 5. The molecule has 3 aromatic carbocycles. The second kappa shape index (κ2) is 7.69. The number of Topliss-reactive ketones (excluding diaryl/α,β-unsaturated/α-hetero) is 1. The quantitative estimate of drug-likeness (QED) is 0.414. The molecule has 31 heavy (non-hydrogen) atoms. The Balaban J connectivity index is 1.39. The van der Waals surface area contributed by atoms with E-state index in [-0.39, 0.29) is 5.78 Å². The van der Waals surface area contributed by atoms with Crippen molar-refractivity contribution >= 4 is 22.8 Å². The number of carbonyl (C=O) groups is 1. The van der Waals surface area contributed by atoms with Crippen LogP contribution in [0, 0.1) is 0 Å². The summed E-state index contributed by atoms with van der Waals surface area (Å²) in [5, 5.41) is 1.07. The van der Waals surface area contributed by atoms with Gasteiger partial charge in [0.25, 0.3) is 0 Å². The number of aromatic nitrogens is 1. The number of fused-ring (bicyclic) bond motifs is 2. The minimum absolute atomic E-state index is 0.126. The first kappa shape index (κ1) is 19.0. The fraction of sp³-hybridized carbons (Fsp3) is 0.115. The minimum atomic E-state index is -0.126. The van der Waals surface area contributed by atoms with Gasteiger partial charge in [0.2, 0.25) is 5.78 Å². The number of ketones is 1. The molecule has 0 atom stereocenters. The average Bonchev–Trinajstić information content (AvgIpc) is 3.29. The van der Waals surface area contributed by atoms with Crippen molar-refractivity contribution in [2.45, 2.75) is 6.61 Å². The van der Waals surface area contributed by atoms with Crippen molar-refractivity contribution in [3.63, 3.8) is 0 Å². The molecule has 1 aliphatic rings. The van der Waals surface area contributed by atoms with Gasteiger partial charge in [-0.25, -0.2) is 0 Å². The van der Waals surface area contributed by atoms with Crippen molar-refractivity contribution in [3.8, 4) is 17.2 Å². The molecular formula is C26H21NO4. The summed E-state index contributed by atoms with van der Waals surface area (Å²) in [6, 6.07) is 21.1. The number of aryl methyl sites for hydroxylation is 1. The van der Waals surface area contributed by atoms with Gasteiger partial charge in [0.15, 0.2) is 5.76 Å². The molecule has 154 valence electrons. The highest BCUT2D eigenvalue weighted by Crippen LogP contribution is 2.36. The van der Waals surface area contributed by atoms with Gasteiger partial charge in [-0.3, -0.25) is 4.79 Å². The molecule has 0 amide bonds. The molecule has 0 saturated heterocycles. The lowest BCUT2D eigenvalue weighted by atomic mass is 10.1. The second-order valence-electron chi connectivity index (χ2n) is 7.41. The molecule has 0 spiro atoms. The summed E-state index contributed by atoms with van der Waals surface area (Å²) >= 11 is 0. The number of ether oxygens (including phenoxy) is 3. The lowest BCUT2D eigenvalue weighted by Crippen LogP contribution is -1.99. The number of para-hydroxylation sites is 2. The van der Waals surface area contributed by atoms with Crippen LogP contribution in [0.1, 0.15) is 21.5 Å². The Morgan fingerprint density at radius 2 is 1.84 bits per heavy atom. The van der Waals surface area contributed by atoms with Gasteiger partial charge in [-0.05, 0) is 30.3 Å². The summed E-state index contributed by atoms with van der Waals surface area (Å²) in [5.41, 5.74) is 3.53. The van der Waals surface area contributed by atoms with Crippen LogP contribution in [0.3, 0.4) is 0 Å². The van der Waals surface area contributed by atoms with Crippen LogP contribution in [0.5, 0.6) is 17.2 Å². The Labute approximate surface area is 180 Å². The number of carbonyl (C=O) groups excluding carboxylic acids is 1. The zero-order valence-electron chi connectivity index (χ0n) is 17.3. The van der Waals surface area contributed by atoms with E-state index in [4.69, 9.17) is 14.2 Å². The third kappa shape index (κ3) is 3.44. The highest BCUT2D eigenvalue weighted by atomic mass is 16.5. The Morgan fingerprint density at radius 3 is 2.71 bits per heavy atom. The van der Waals surface area contributed by atoms with E-state index in [9.17, 15) is 4.79 Å². The average molecular weight is 411 g/mol. The van der Waals surface area contributed by atoms with Gasteiger partial charge in [0.1, 0.15) is 23.9 Å². The Morgan fingerprint density at radius 1 is 1.03 bits per heavy atom. The third-order valence-electron chi connectivity index (χ3n) is 5.44. The second-order valence-corrected chi connectivity index (χ2v) is 7.41. The molecule has 0 fully saturated rings. The summed E-state index contributed by atoms with van der Waals surface area (Å²) < 4.78 is 19.2. The molecule has 5 nitrogen and oxygen atoms in total. The predicted octanol–water partition coefficient (Wildman–Crippen LogP) is 5.38. The van der Waals surface area contributed by atoms with Crippen LogP contribution in [0.25, 0.3) is 17.0 Å². The minimum Gasteiger partial charge on any atom is -0.496 e. The van der Waals surface area contributed by atoms with Crippen molar-refractivity contribution in [1.82, 2.24) is 4.57 Å². The van der Waals surface area contributed by atoms with Crippen molar-refractivity contribution in [2.75, 3.05) is 7.11 Å².